The van der Waals surface area contributed by atoms with Gasteiger partial charge < -0.3 is 0 Å². The molecule has 2 aromatic rings. The van der Waals surface area contributed by atoms with Gasteiger partial charge in [0.1, 0.15) is 5.69 Å². The van der Waals surface area contributed by atoms with E-state index in [0.717, 1.165) is 10.6 Å². The van der Waals surface area contributed by atoms with Gasteiger partial charge in [0.05, 0.1) is 11.4 Å². The third-order valence-corrected chi connectivity index (χ3v) is 6.27. The van der Waals surface area contributed by atoms with Crippen LogP contribution in [0.3, 0.4) is 0 Å². The summed E-state index contributed by atoms with van der Waals surface area (Å²) in [6.45, 7) is 3.71. The number of nitrogens with zero attached hydrogens (tertiary/aromatic N) is 4. The van der Waals surface area contributed by atoms with E-state index in [9.17, 15) is 21.6 Å². The molecule has 1 saturated heterocycles. The molecule has 0 aromatic carbocycles. The van der Waals surface area contributed by atoms with Crippen LogP contribution in [0, 0.1) is 6.92 Å². The van der Waals surface area contributed by atoms with E-state index in [1.165, 1.54) is 10.4 Å². The number of rotatable bonds is 3. The van der Waals surface area contributed by atoms with E-state index in [1.807, 2.05) is 0 Å². The van der Waals surface area contributed by atoms with Crippen LogP contribution in [0.5, 0.6) is 0 Å². The maximum absolute atomic E-state index is 13.4. The first-order valence-electron chi connectivity index (χ1n) is 8.04. The van der Waals surface area contributed by atoms with Gasteiger partial charge in [0.2, 0.25) is 10.0 Å². The smallest absolute Gasteiger partial charge is 0.233 e. The van der Waals surface area contributed by atoms with Gasteiger partial charge in [-0.25, -0.2) is 22.2 Å². The Hall–Kier alpha value is -1.68. The molecule has 1 aliphatic rings. The van der Waals surface area contributed by atoms with Crippen LogP contribution in [-0.4, -0.2) is 46.2 Å². The third kappa shape index (κ3) is 3.50. The van der Waals surface area contributed by atoms with Gasteiger partial charge in [0.25, 0.3) is 0 Å². The molecular formula is C15H19F3N4O2S. The Kier molecular flexibility index (Phi) is 4.52. The van der Waals surface area contributed by atoms with Crippen molar-refractivity contribution in [2.24, 2.45) is 0 Å². The number of aromatic nitrogens is 3. The normalized spacial score (nSPS) is 20.3. The first kappa shape index (κ1) is 18.1. The van der Waals surface area contributed by atoms with Crippen LogP contribution in [0.25, 0.3) is 5.65 Å². The molecule has 0 amide bonds. The van der Waals surface area contributed by atoms with E-state index in [4.69, 9.17) is 0 Å². The summed E-state index contributed by atoms with van der Waals surface area (Å²) in [5, 5.41) is 3.86. The van der Waals surface area contributed by atoms with Crippen molar-refractivity contribution >= 4 is 15.7 Å². The summed E-state index contributed by atoms with van der Waals surface area (Å²) in [5.74, 6) is -0.390. The zero-order valence-corrected chi connectivity index (χ0v) is 14.7. The molecule has 138 valence electrons. The van der Waals surface area contributed by atoms with Crippen molar-refractivity contribution in [1.82, 2.24) is 18.9 Å². The van der Waals surface area contributed by atoms with E-state index >= 15 is 0 Å². The fraction of sp³-hybridized carbons (Fsp3) is 0.600. The van der Waals surface area contributed by atoms with E-state index in [0.29, 0.717) is 25.1 Å². The van der Waals surface area contributed by atoms with Gasteiger partial charge in [-0.3, -0.25) is 0 Å². The topological polar surface area (TPSA) is 67.6 Å². The average Bonchev–Trinajstić information content (AvgIpc) is 2.93. The van der Waals surface area contributed by atoms with Crippen molar-refractivity contribution in [2.75, 3.05) is 18.8 Å². The fourth-order valence-electron chi connectivity index (χ4n) is 3.14. The van der Waals surface area contributed by atoms with Crippen molar-refractivity contribution in [3.05, 3.63) is 29.2 Å². The molecule has 1 fully saturated rings. The Balaban J connectivity index is 2.04. The number of aryl methyl sites for hydroxylation is 1. The van der Waals surface area contributed by atoms with E-state index in [-0.39, 0.29) is 29.6 Å². The summed E-state index contributed by atoms with van der Waals surface area (Å²) in [5.41, 5.74) is -0.0708. The highest BCUT2D eigenvalue weighted by Gasteiger charge is 2.37. The van der Waals surface area contributed by atoms with Crippen LogP contribution in [0.15, 0.2) is 12.1 Å². The van der Waals surface area contributed by atoms with Gasteiger partial charge >= 0.3 is 6.18 Å². The zero-order valence-electron chi connectivity index (χ0n) is 13.9. The van der Waals surface area contributed by atoms with E-state index < -0.39 is 21.9 Å². The van der Waals surface area contributed by atoms with Gasteiger partial charge in [0.15, 0.2) is 5.65 Å². The third-order valence-electron chi connectivity index (χ3n) is 4.42. The van der Waals surface area contributed by atoms with Crippen LogP contribution in [0.1, 0.15) is 42.8 Å². The molecule has 0 radical (unpaired) electrons. The first-order valence-corrected chi connectivity index (χ1v) is 9.65. The zero-order chi connectivity index (χ0) is 18.4. The SMILES string of the molecule is CCS(=O)(=O)N1CCCC(c2cc(C(F)(F)F)n3nc(C)cc3n2)C1. The van der Waals surface area contributed by atoms with Crippen molar-refractivity contribution in [2.45, 2.75) is 38.8 Å². The molecule has 3 rings (SSSR count). The molecular weight excluding hydrogens is 357 g/mol. The van der Waals surface area contributed by atoms with Crippen LogP contribution in [0.4, 0.5) is 13.2 Å². The van der Waals surface area contributed by atoms with Gasteiger partial charge in [0, 0.05) is 30.8 Å². The number of hydrogen-bond donors (Lipinski definition) is 0. The highest BCUT2D eigenvalue weighted by atomic mass is 32.2. The molecule has 0 bridgehead atoms. The van der Waals surface area contributed by atoms with Crippen molar-refractivity contribution < 1.29 is 21.6 Å². The highest BCUT2D eigenvalue weighted by Crippen LogP contribution is 2.34. The molecule has 1 atom stereocenters. The average molecular weight is 376 g/mol. The van der Waals surface area contributed by atoms with Crippen LogP contribution < -0.4 is 0 Å². The Morgan fingerprint density at radius 3 is 2.68 bits per heavy atom. The number of alkyl halides is 3. The van der Waals surface area contributed by atoms with Gasteiger partial charge in [-0.05, 0) is 32.8 Å². The van der Waals surface area contributed by atoms with Gasteiger partial charge in [-0.2, -0.15) is 18.3 Å². The Bertz CT molecular complexity index is 892. The van der Waals surface area contributed by atoms with E-state index in [1.54, 1.807) is 13.8 Å². The van der Waals surface area contributed by atoms with E-state index in [2.05, 4.69) is 10.1 Å². The lowest BCUT2D eigenvalue weighted by molar-refractivity contribution is -0.142. The van der Waals surface area contributed by atoms with Gasteiger partial charge in [-0.1, -0.05) is 0 Å². The summed E-state index contributed by atoms with van der Waals surface area (Å²) < 4.78 is 66.5. The molecule has 1 aliphatic heterocycles. The largest absolute Gasteiger partial charge is 0.433 e. The Morgan fingerprint density at radius 2 is 2.04 bits per heavy atom. The maximum atomic E-state index is 13.4. The maximum Gasteiger partial charge on any atom is 0.433 e. The minimum Gasteiger partial charge on any atom is -0.233 e. The summed E-state index contributed by atoms with van der Waals surface area (Å²) in [6.07, 6.45) is -3.38. The van der Waals surface area contributed by atoms with Crippen molar-refractivity contribution in [1.29, 1.82) is 0 Å². The van der Waals surface area contributed by atoms with Gasteiger partial charge in [-0.15, -0.1) is 0 Å². The Labute approximate surface area is 143 Å². The predicted molar refractivity (Wildman–Crippen MR) is 85.7 cm³/mol. The van der Waals surface area contributed by atoms with Crippen LogP contribution in [0.2, 0.25) is 0 Å². The molecule has 0 N–H and O–H groups in total. The summed E-state index contributed by atoms with van der Waals surface area (Å²) in [6, 6.07) is 2.48. The molecule has 10 heteroatoms. The number of fused-ring (bicyclic) bond motifs is 1. The number of halogens is 3. The Morgan fingerprint density at radius 1 is 1.32 bits per heavy atom. The van der Waals surface area contributed by atoms with Crippen LogP contribution >= 0.6 is 0 Å². The second kappa shape index (κ2) is 6.24. The summed E-state index contributed by atoms with van der Waals surface area (Å²) >= 11 is 0. The number of hydrogen-bond acceptors (Lipinski definition) is 4. The first-order chi connectivity index (χ1) is 11.6. The quantitative estimate of drug-likeness (QED) is 0.826. The molecule has 0 aliphatic carbocycles. The summed E-state index contributed by atoms with van der Waals surface area (Å²) in [4.78, 5) is 4.32. The minimum atomic E-state index is -4.57. The molecule has 2 aromatic heterocycles. The predicted octanol–water partition coefficient (Wildman–Crippen LogP) is 2.59. The number of sulfonamides is 1. The lowest BCUT2D eigenvalue weighted by Crippen LogP contribution is -2.40. The molecule has 6 nitrogen and oxygen atoms in total. The minimum absolute atomic E-state index is 0.0260. The molecule has 3 heterocycles. The molecule has 1 unspecified atom stereocenters. The molecule has 0 saturated carbocycles. The lowest BCUT2D eigenvalue weighted by Gasteiger charge is -2.31. The molecule has 25 heavy (non-hydrogen) atoms. The second-order valence-electron chi connectivity index (χ2n) is 6.22. The summed E-state index contributed by atoms with van der Waals surface area (Å²) in [7, 11) is -3.37. The second-order valence-corrected chi connectivity index (χ2v) is 8.48. The standard InChI is InChI=1S/C15H19F3N4O2S/c1-3-25(23,24)21-6-4-5-11(9-21)12-8-13(15(16,17)18)22-14(19-12)7-10(2)20-22/h7-8,11H,3-6,9H2,1-2H3. The monoisotopic (exact) mass is 376 g/mol. The molecule has 0 spiro atoms. The van der Waals surface area contributed by atoms with Crippen molar-refractivity contribution in [3.8, 4) is 0 Å². The number of piperidine rings is 1. The highest BCUT2D eigenvalue weighted by molar-refractivity contribution is 7.89. The van der Waals surface area contributed by atoms with Crippen molar-refractivity contribution in [3.63, 3.8) is 0 Å². The fourth-order valence-corrected chi connectivity index (χ4v) is 4.32. The lowest BCUT2D eigenvalue weighted by atomic mass is 9.95. The van der Waals surface area contributed by atoms with Crippen LogP contribution in [-0.2, 0) is 16.2 Å².